The Morgan fingerprint density at radius 3 is 2.39 bits per heavy atom. The van der Waals surface area contributed by atoms with Gasteiger partial charge < -0.3 is 10.6 Å². The summed E-state index contributed by atoms with van der Waals surface area (Å²) < 4.78 is 0. The molecule has 2 aliphatic rings. The quantitative estimate of drug-likeness (QED) is 0.788. The highest BCUT2D eigenvalue weighted by molar-refractivity contribution is 7.99. The third-order valence-corrected chi connectivity index (χ3v) is 5.72. The molecule has 2 aliphatic heterocycles. The van der Waals surface area contributed by atoms with Gasteiger partial charge in [-0.15, -0.1) is 0 Å². The average Bonchev–Trinajstić information content (AvgIpc) is 2.31. The number of hydrogen-bond donors (Lipinski definition) is 2. The lowest BCUT2D eigenvalue weighted by Crippen LogP contribution is -2.65. The van der Waals surface area contributed by atoms with E-state index in [0.717, 1.165) is 38.5 Å². The van der Waals surface area contributed by atoms with Gasteiger partial charge in [-0.3, -0.25) is 0 Å². The van der Waals surface area contributed by atoms with Crippen molar-refractivity contribution in [2.45, 2.75) is 25.8 Å². The fourth-order valence-electron chi connectivity index (χ4n) is 3.04. The van der Waals surface area contributed by atoms with E-state index in [0.29, 0.717) is 5.41 Å². The van der Waals surface area contributed by atoms with Crippen molar-refractivity contribution in [3.05, 3.63) is 0 Å². The van der Waals surface area contributed by atoms with Crippen LogP contribution >= 0.6 is 11.8 Å². The Balaban J connectivity index is 1.95. The van der Waals surface area contributed by atoms with Crippen LogP contribution < -0.4 is 11.2 Å². The lowest BCUT2D eigenvalue weighted by atomic mass is 9.80. The molecule has 18 heavy (non-hydrogen) atoms. The summed E-state index contributed by atoms with van der Waals surface area (Å²) in [6.07, 6.45) is 1.18. The molecule has 0 saturated carbocycles. The standard InChI is InChI=1S/C13H28N4S/c1-12(2)8-13(9-14,11-18-10-12)15-17-6-4-16(3)5-7-17/h15H,4-11,14H2,1-3H3. The van der Waals surface area contributed by atoms with Gasteiger partial charge in [-0.1, -0.05) is 13.8 Å². The van der Waals surface area contributed by atoms with E-state index >= 15 is 0 Å². The molecular formula is C13H28N4S. The Morgan fingerprint density at radius 2 is 1.83 bits per heavy atom. The van der Waals surface area contributed by atoms with E-state index in [1.165, 1.54) is 12.2 Å². The van der Waals surface area contributed by atoms with Gasteiger partial charge in [0.1, 0.15) is 0 Å². The smallest absolute Gasteiger partial charge is 0.0543 e. The van der Waals surface area contributed by atoms with Gasteiger partial charge in [0.2, 0.25) is 0 Å². The zero-order valence-electron chi connectivity index (χ0n) is 12.0. The Morgan fingerprint density at radius 1 is 1.17 bits per heavy atom. The molecule has 0 spiro atoms. The van der Waals surface area contributed by atoms with Crippen LogP contribution in [0, 0.1) is 5.41 Å². The van der Waals surface area contributed by atoms with Crippen molar-refractivity contribution in [2.24, 2.45) is 11.1 Å². The summed E-state index contributed by atoms with van der Waals surface area (Å²) in [5.41, 5.74) is 10.3. The van der Waals surface area contributed by atoms with Crippen LogP contribution in [0.5, 0.6) is 0 Å². The van der Waals surface area contributed by atoms with E-state index in [1.807, 2.05) is 11.8 Å². The first-order chi connectivity index (χ1) is 8.45. The molecule has 0 aromatic heterocycles. The molecule has 2 rings (SSSR count). The number of nitrogens with two attached hydrogens (primary N) is 1. The van der Waals surface area contributed by atoms with Crippen molar-refractivity contribution in [1.29, 1.82) is 0 Å². The van der Waals surface area contributed by atoms with E-state index < -0.39 is 0 Å². The van der Waals surface area contributed by atoms with Crippen LogP contribution in [0.25, 0.3) is 0 Å². The van der Waals surface area contributed by atoms with Gasteiger partial charge in [-0.25, -0.2) is 10.4 Å². The van der Waals surface area contributed by atoms with Crippen molar-refractivity contribution in [3.63, 3.8) is 0 Å². The molecule has 2 fully saturated rings. The molecule has 0 aromatic carbocycles. The first-order valence-corrected chi connectivity index (χ1v) is 8.09. The minimum absolute atomic E-state index is 0.0995. The molecule has 0 amide bonds. The molecule has 0 radical (unpaired) electrons. The lowest BCUT2D eigenvalue weighted by Gasteiger charge is -2.48. The predicted octanol–water partition coefficient (Wildman–Crippen LogP) is 0.599. The van der Waals surface area contributed by atoms with Crippen molar-refractivity contribution in [2.75, 3.05) is 51.3 Å². The zero-order valence-corrected chi connectivity index (χ0v) is 12.9. The van der Waals surface area contributed by atoms with Crippen LogP contribution in [0.4, 0.5) is 0 Å². The van der Waals surface area contributed by atoms with Gasteiger partial charge in [-0.05, 0) is 24.6 Å². The fourth-order valence-corrected chi connectivity index (χ4v) is 4.47. The molecule has 106 valence electrons. The third-order valence-electron chi connectivity index (χ3n) is 3.98. The van der Waals surface area contributed by atoms with Crippen LogP contribution in [-0.4, -0.2) is 66.7 Å². The number of rotatable bonds is 3. The minimum Gasteiger partial charge on any atom is -0.329 e. The van der Waals surface area contributed by atoms with Crippen LogP contribution in [0.1, 0.15) is 20.3 Å². The van der Waals surface area contributed by atoms with Gasteiger partial charge in [-0.2, -0.15) is 11.8 Å². The van der Waals surface area contributed by atoms with E-state index in [9.17, 15) is 0 Å². The molecule has 0 bridgehead atoms. The number of hydrazine groups is 1. The molecule has 1 atom stereocenters. The molecule has 2 saturated heterocycles. The second-order valence-corrected chi connectivity index (χ2v) is 7.71. The molecule has 0 aliphatic carbocycles. The summed E-state index contributed by atoms with van der Waals surface area (Å²) >= 11 is 2.04. The molecular weight excluding hydrogens is 244 g/mol. The maximum atomic E-state index is 6.09. The Kier molecular flexibility index (Phi) is 4.60. The van der Waals surface area contributed by atoms with Crippen molar-refractivity contribution < 1.29 is 0 Å². The third kappa shape index (κ3) is 3.61. The maximum absolute atomic E-state index is 6.09. The second kappa shape index (κ2) is 5.67. The van der Waals surface area contributed by atoms with Gasteiger partial charge >= 0.3 is 0 Å². The molecule has 4 nitrogen and oxygen atoms in total. The van der Waals surface area contributed by atoms with Gasteiger partial charge in [0.25, 0.3) is 0 Å². The van der Waals surface area contributed by atoms with Crippen molar-refractivity contribution >= 4 is 11.8 Å². The summed E-state index contributed by atoms with van der Waals surface area (Å²) in [7, 11) is 2.19. The lowest BCUT2D eigenvalue weighted by molar-refractivity contribution is 0.0454. The fraction of sp³-hybridized carbons (Fsp3) is 1.00. The van der Waals surface area contributed by atoms with Gasteiger partial charge in [0, 0.05) is 38.5 Å². The average molecular weight is 272 g/mol. The molecule has 3 N–H and O–H groups in total. The van der Waals surface area contributed by atoms with Crippen LogP contribution in [0.2, 0.25) is 0 Å². The zero-order chi connectivity index (χ0) is 13.2. The summed E-state index contributed by atoms with van der Waals surface area (Å²) in [6.45, 7) is 9.93. The normalized spacial score (nSPS) is 34.7. The number of nitrogens with one attached hydrogen (secondary N) is 1. The minimum atomic E-state index is 0.0995. The van der Waals surface area contributed by atoms with Gasteiger partial charge in [0.15, 0.2) is 0 Å². The highest BCUT2D eigenvalue weighted by Crippen LogP contribution is 2.38. The van der Waals surface area contributed by atoms with E-state index in [1.54, 1.807) is 0 Å². The highest BCUT2D eigenvalue weighted by atomic mass is 32.2. The van der Waals surface area contributed by atoms with Crippen molar-refractivity contribution in [1.82, 2.24) is 15.3 Å². The predicted molar refractivity (Wildman–Crippen MR) is 79.7 cm³/mol. The number of piperazine rings is 1. The summed E-state index contributed by atoms with van der Waals surface area (Å²) in [5, 5.41) is 2.38. The van der Waals surface area contributed by atoms with Crippen LogP contribution in [0.15, 0.2) is 0 Å². The number of thioether (sulfide) groups is 1. The first-order valence-electron chi connectivity index (χ1n) is 6.94. The van der Waals surface area contributed by atoms with Crippen molar-refractivity contribution in [3.8, 4) is 0 Å². The number of nitrogens with zero attached hydrogens (tertiary/aromatic N) is 2. The molecule has 1 unspecified atom stereocenters. The van der Waals surface area contributed by atoms with E-state index in [2.05, 4.69) is 36.2 Å². The largest absolute Gasteiger partial charge is 0.329 e. The SMILES string of the molecule is CN1CCN(NC2(CN)CSCC(C)(C)C2)CC1. The molecule has 2 heterocycles. The number of hydrogen-bond acceptors (Lipinski definition) is 5. The maximum Gasteiger partial charge on any atom is 0.0543 e. The summed E-state index contributed by atoms with van der Waals surface area (Å²) in [4.78, 5) is 2.38. The topological polar surface area (TPSA) is 44.5 Å². The van der Waals surface area contributed by atoms with E-state index in [4.69, 9.17) is 5.73 Å². The Hall–Kier alpha value is 0.190. The molecule has 5 heteroatoms. The van der Waals surface area contributed by atoms with Gasteiger partial charge in [0.05, 0.1) is 5.54 Å². The Labute approximate surface area is 116 Å². The van der Waals surface area contributed by atoms with E-state index in [-0.39, 0.29) is 5.54 Å². The monoisotopic (exact) mass is 272 g/mol. The summed E-state index contributed by atoms with van der Waals surface area (Å²) in [5.74, 6) is 2.39. The van der Waals surface area contributed by atoms with Crippen LogP contribution in [0.3, 0.4) is 0 Å². The second-order valence-electron chi connectivity index (χ2n) is 6.72. The number of likely N-dealkylation sites (N-methyl/N-ethyl adjacent to an activating group) is 1. The first kappa shape index (κ1) is 14.6. The van der Waals surface area contributed by atoms with Crippen LogP contribution in [-0.2, 0) is 0 Å². The summed E-state index contributed by atoms with van der Waals surface area (Å²) in [6, 6.07) is 0. The highest BCUT2D eigenvalue weighted by Gasteiger charge is 2.40. The molecule has 0 aromatic rings. The Bertz CT molecular complexity index is 276.